The molecule has 0 aliphatic rings. The van der Waals surface area contributed by atoms with E-state index in [0.717, 1.165) is 22.2 Å². The van der Waals surface area contributed by atoms with Crippen molar-refractivity contribution in [2.24, 2.45) is 0 Å². The van der Waals surface area contributed by atoms with E-state index >= 15 is 0 Å². The molecular weight excluding hydrogens is 392 g/mol. The highest BCUT2D eigenvalue weighted by Gasteiger charge is 2.17. The normalized spacial score (nSPS) is 10.9. The van der Waals surface area contributed by atoms with Gasteiger partial charge in [-0.3, -0.25) is 9.36 Å². The van der Waals surface area contributed by atoms with Crippen molar-refractivity contribution in [1.29, 1.82) is 0 Å². The first-order valence-electron chi connectivity index (χ1n) is 9.13. The molecule has 0 spiro atoms. The summed E-state index contributed by atoms with van der Waals surface area (Å²) >= 11 is 7.86. The summed E-state index contributed by atoms with van der Waals surface area (Å²) in [6.45, 7) is 6.25. The van der Waals surface area contributed by atoms with Crippen molar-refractivity contribution in [2.45, 2.75) is 44.6 Å². The third-order valence-electron chi connectivity index (χ3n) is 4.33. The second-order valence-electron chi connectivity index (χ2n) is 6.57. The standard InChI is InChI=1S/C21H23ClN4OS/c1-4-20(27)23-12-19-24-25-21(28-13-16-7-5-6-14(2)10-16)26(19)18-11-17(22)9-8-15(18)3/h5-11H,4,12-13H2,1-3H3,(H,23,27). The van der Waals surface area contributed by atoms with E-state index in [-0.39, 0.29) is 5.91 Å². The topological polar surface area (TPSA) is 59.8 Å². The van der Waals surface area contributed by atoms with Gasteiger partial charge in [0, 0.05) is 17.2 Å². The molecule has 2 aromatic carbocycles. The Labute approximate surface area is 174 Å². The Morgan fingerprint density at radius 3 is 2.75 bits per heavy atom. The molecule has 7 heteroatoms. The van der Waals surface area contributed by atoms with Gasteiger partial charge in [0.05, 0.1) is 12.2 Å². The monoisotopic (exact) mass is 414 g/mol. The zero-order chi connectivity index (χ0) is 20.1. The van der Waals surface area contributed by atoms with Crippen LogP contribution in [0, 0.1) is 13.8 Å². The van der Waals surface area contributed by atoms with E-state index in [9.17, 15) is 4.79 Å². The Morgan fingerprint density at radius 1 is 1.18 bits per heavy atom. The Kier molecular flexibility index (Phi) is 6.75. The SMILES string of the molecule is CCC(=O)NCc1nnc(SCc2cccc(C)c2)n1-c1cc(Cl)ccc1C. The molecule has 0 saturated heterocycles. The fourth-order valence-corrected chi connectivity index (χ4v) is 3.90. The molecule has 1 aromatic heterocycles. The maximum absolute atomic E-state index is 11.7. The van der Waals surface area contributed by atoms with E-state index in [1.807, 2.05) is 36.6 Å². The Morgan fingerprint density at radius 2 is 2.00 bits per heavy atom. The van der Waals surface area contributed by atoms with Crippen LogP contribution in [0.5, 0.6) is 0 Å². The van der Waals surface area contributed by atoms with Gasteiger partial charge in [-0.15, -0.1) is 10.2 Å². The fraction of sp³-hybridized carbons (Fsp3) is 0.286. The summed E-state index contributed by atoms with van der Waals surface area (Å²) in [4.78, 5) is 11.7. The van der Waals surface area contributed by atoms with E-state index in [2.05, 4.69) is 46.7 Å². The molecule has 0 bridgehead atoms. The largest absolute Gasteiger partial charge is 0.349 e. The minimum atomic E-state index is -0.0219. The quantitative estimate of drug-likeness (QED) is 0.561. The molecule has 0 aliphatic carbocycles. The number of rotatable bonds is 7. The predicted molar refractivity (Wildman–Crippen MR) is 114 cm³/mol. The highest BCUT2D eigenvalue weighted by molar-refractivity contribution is 7.98. The highest BCUT2D eigenvalue weighted by Crippen LogP contribution is 2.28. The van der Waals surface area contributed by atoms with Crippen LogP contribution in [0.3, 0.4) is 0 Å². The van der Waals surface area contributed by atoms with Crippen molar-refractivity contribution in [3.63, 3.8) is 0 Å². The first kappa shape index (κ1) is 20.4. The summed E-state index contributed by atoms with van der Waals surface area (Å²) in [6.07, 6.45) is 0.430. The summed E-state index contributed by atoms with van der Waals surface area (Å²) in [5, 5.41) is 13.0. The molecule has 5 nitrogen and oxygen atoms in total. The van der Waals surface area contributed by atoms with Gasteiger partial charge in [0.15, 0.2) is 11.0 Å². The van der Waals surface area contributed by atoms with E-state index in [0.29, 0.717) is 23.8 Å². The fourth-order valence-electron chi connectivity index (χ4n) is 2.83. The zero-order valence-electron chi connectivity index (χ0n) is 16.2. The molecule has 1 amide bonds. The van der Waals surface area contributed by atoms with Crippen LogP contribution in [-0.4, -0.2) is 20.7 Å². The molecule has 0 aliphatic heterocycles. The average molecular weight is 415 g/mol. The molecule has 3 aromatic rings. The lowest BCUT2D eigenvalue weighted by atomic mass is 10.2. The number of aromatic nitrogens is 3. The Bertz CT molecular complexity index is 986. The number of halogens is 1. The number of carbonyl (C=O) groups excluding carboxylic acids is 1. The minimum Gasteiger partial charge on any atom is -0.349 e. The second kappa shape index (κ2) is 9.26. The number of benzene rings is 2. The molecule has 28 heavy (non-hydrogen) atoms. The molecule has 0 unspecified atom stereocenters. The van der Waals surface area contributed by atoms with Crippen LogP contribution in [0.4, 0.5) is 0 Å². The van der Waals surface area contributed by atoms with Crippen LogP contribution in [0.25, 0.3) is 5.69 Å². The van der Waals surface area contributed by atoms with Gasteiger partial charge in [-0.2, -0.15) is 0 Å². The number of nitrogens with zero attached hydrogens (tertiary/aromatic N) is 3. The maximum atomic E-state index is 11.7. The van der Waals surface area contributed by atoms with Gasteiger partial charge >= 0.3 is 0 Å². The number of carbonyl (C=O) groups is 1. The molecule has 146 valence electrons. The van der Waals surface area contributed by atoms with Crippen LogP contribution >= 0.6 is 23.4 Å². The van der Waals surface area contributed by atoms with Crippen molar-refractivity contribution in [3.8, 4) is 5.69 Å². The van der Waals surface area contributed by atoms with Gasteiger partial charge in [-0.05, 0) is 37.1 Å². The number of hydrogen-bond acceptors (Lipinski definition) is 4. The average Bonchev–Trinajstić information content (AvgIpc) is 3.09. The second-order valence-corrected chi connectivity index (χ2v) is 7.95. The first-order valence-corrected chi connectivity index (χ1v) is 10.5. The van der Waals surface area contributed by atoms with Gasteiger partial charge in [0.25, 0.3) is 0 Å². The lowest BCUT2D eigenvalue weighted by Gasteiger charge is -2.14. The van der Waals surface area contributed by atoms with E-state index in [1.54, 1.807) is 11.8 Å². The summed E-state index contributed by atoms with van der Waals surface area (Å²) < 4.78 is 1.98. The summed E-state index contributed by atoms with van der Waals surface area (Å²) in [5.41, 5.74) is 4.44. The number of hydrogen-bond donors (Lipinski definition) is 1. The maximum Gasteiger partial charge on any atom is 0.220 e. The highest BCUT2D eigenvalue weighted by atomic mass is 35.5. The molecule has 1 heterocycles. The van der Waals surface area contributed by atoms with Gasteiger partial charge in [0.2, 0.25) is 5.91 Å². The number of thioether (sulfide) groups is 1. The summed E-state index contributed by atoms with van der Waals surface area (Å²) in [5.74, 6) is 1.44. The third kappa shape index (κ3) is 4.94. The number of amides is 1. The van der Waals surface area contributed by atoms with Crippen molar-refractivity contribution < 1.29 is 4.79 Å². The summed E-state index contributed by atoms with van der Waals surface area (Å²) in [6, 6.07) is 14.2. The minimum absolute atomic E-state index is 0.0219. The lowest BCUT2D eigenvalue weighted by molar-refractivity contribution is -0.120. The van der Waals surface area contributed by atoms with Crippen molar-refractivity contribution in [3.05, 3.63) is 70.0 Å². The van der Waals surface area contributed by atoms with E-state index in [4.69, 9.17) is 11.6 Å². The Balaban J connectivity index is 1.93. The first-order chi connectivity index (χ1) is 13.5. The predicted octanol–water partition coefficient (Wildman–Crippen LogP) is 4.86. The molecule has 0 radical (unpaired) electrons. The van der Waals surface area contributed by atoms with Gasteiger partial charge in [-0.25, -0.2) is 0 Å². The number of aryl methyl sites for hydroxylation is 2. The van der Waals surface area contributed by atoms with Crippen molar-refractivity contribution in [1.82, 2.24) is 20.1 Å². The Hall–Kier alpha value is -2.31. The molecule has 0 atom stereocenters. The third-order valence-corrected chi connectivity index (χ3v) is 5.56. The van der Waals surface area contributed by atoms with Crippen LogP contribution in [0.15, 0.2) is 47.6 Å². The smallest absolute Gasteiger partial charge is 0.220 e. The molecule has 0 saturated carbocycles. The van der Waals surface area contributed by atoms with Gasteiger partial charge in [-0.1, -0.05) is 66.2 Å². The van der Waals surface area contributed by atoms with Gasteiger partial charge < -0.3 is 5.32 Å². The van der Waals surface area contributed by atoms with E-state index < -0.39 is 0 Å². The molecule has 3 rings (SSSR count). The number of nitrogens with one attached hydrogen (secondary N) is 1. The zero-order valence-corrected chi connectivity index (χ0v) is 17.8. The van der Waals surface area contributed by atoms with E-state index in [1.165, 1.54) is 11.1 Å². The van der Waals surface area contributed by atoms with Crippen LogP contribution in [0.1, 0.15) is 35.9 Å². The summed E-state index contributed by atoms with van der Waals surface area (Å²) in [7, 11) is 0. The van der Waals surface area contributed by atoms with Crippen LogP contribution in [-0.2, 0) is 17.1 Å². The molecule has 1 N–H and O–H groups in total. The molecular formula is C21H23ClN4OS. The van der Waals surface area contributed by atoms with Crippen molar-refractivity contribution >= 4 is 29.3 Å². The van der Waals surface area contributed by atoms with Crippen molar-refractivity contribution in [2.75, 3.05) is 0 Å². The molecule has 0 fully saturated rings. The van der Waals surface area contributed by atoms with Gasteiger partial charge in [0.1, 0.15) is 0 Å². The van der Waals surface area contributed by atoms with Crippen LogP contribution in [0.2, 0.25) is 5.02 Å². The van der Waals surface area contributed by atoms with Crippen LogP contribution < -0.4 is 5.32 Å². The lowest BCUT2D eigenvalue weighted by Crippen LogP contribution is -2.23.